The molecule has 0 fully saturated rings. The van der Waals surface area contributed by atoms with Crippen molar-refractivity contribution in [2.45, 2.75) is 26.2 Å². The molecule has 0 saturated heterocycles. The Morgan fingerprint density at radius 3 is 2.90 bits per heavy atom. The lowest BCUT2D eigenvalue weighted by molar-refractivity contribution is -0.132. The number of fused-ring (bicyclic) bond motifs is 1. The maximum Gasteiger partial charge on any atom is 0.227 e. The predicted octanol–water partition coefficient (Wildman–Crippen LogP) is 1.42. The second kappa shape index (κ2) is 7.22. The van der Waals surface area contributed by atoms with Gasteiger partial charge >= 0.3 is 0 Å². The molecule has 2 N–H and O–H groups in total. The third-order valence-electron chi connectivity index (χ3n) is 3.92. The van der Waals surface area contributed by atoms with Gasteiger partial charge in [0.2, 0.25) is 11.8 Å². The molecule has 114 valence electrons. The number of hydrogen-bond acceptors (Lipinski definition) is 3. The molecule has 0 radical (unpaired) electrons. The van der Waals surface area contributed by atoms with Crippen LogP contribution in [0.3, 0.4) is 0 Å². The minimum absolute atomic E-state index is 0.00166. The zero-order valence-corrected chi connectivity index (χ0v) is 12.3. The minimum atomic E-state index is -0.156. The van der Waals surface area contributed by atoms with Crippen LogP contribution in [0.4, 0.5) is 5.69 Å². The van der Waals surface area contributed by atoms with Gasteiger partial charge in [-0.2, -0.15) is 0 Å². The van der Waals surface area contributed by atoms with Gasteiger partial charge in [0, 0.05) is 31.1 Å². The van der Waals surface area contributed by atoms with Crippen molar-refractivity contribution in [1.29, 1.82) is 0 Å². The summed E-state index contributed by atoms with van der Waals surface area (Å²) in [6.07, 6.45) is 1.57. The van der Waals surface area contributed by atoms with E-state index in [0.29, 0.717) is 32.4 Å². The Hall–Kier alpha value is -1.88. The molecule has 1 heterocycles. The van der Waals surface area contributed by atoms with E-state index in [1.54, 1.807) is 4.90 Å². The van der Waals surface area contributed by atoms with Crippen molar-refractivity contribution in [3.8, 4) is 0 Å². The van der Waals surface area contributed by atoms with Gasteiger partial charge in [-0.25, -0.2) is 0 Å². The molecule has 1 atom stereocenters. The number of benzene rings is 1. The zero-order valence-electron chi connectivity index (χ0n) is 12.3. The van der Waals surface area contributed by atoms with E-state index >= 15 is 0 Å². The number of nitrogens with one attached hydrogen (secondary N) is 1. The fourth-order valence-corrected chi connectivity index (χ4v) is 2.68. The number of rotatable bonds is 6. The van der Waals surface area contributed by atoms with Crippen molar-refractivity contribution in [3.63, 3.8) is 0 Å². The topological polar surface area (TPSA) is 69.6 Å². The summed E-state index contributed by atoms with van der Waals surface area (Å²) >= 11 is 0. The monoisotopic (exact) mass is 290 g/mol. The summed E-state index contributed by atoms with van der Waals surface area (Å²) in [5, 5.41) is 11.8. The number of carbonyl (C=O) groups is 2. The lowest BCUT2D eigenvalue weighted by atomic mass is 9.89. The molecule has 1 aliphatic rings. The minimum Gasteiger partial charge on any atom is -0.395 e. The first kappa shape index (κ1) is 15.5. The van der Waals surface area contributed by atoms with Gasteiger partial charge in [0.1, 0.15) is 0 Å². The molecule has 0 aliphatic carbocycles. The Kier molecular flexibility index (Phi) is 5.33. The van der Waals surface area contributed by atoms with Crippen molar-refractivity contribution in [2.24, 2.45) is 5.92 Å². The number of aliphatic hydroxyl groups excluding tert-OH is 1. The molecule has 1 aromatic rings. The zero-order chi connectivity index (χ0) is 15.2. The SMILES string of the molecule is CCN(CCO)C(=O)CCC1Cc2ccccc2NC1=O. The Morgan fingerprint density at radius 1 is 1.43 bits per heavy atom. The molecule has 0 aromatic heterocycles. The first-order valence-corrected chi connectivity index (χ1v) is 7.43. The number of anilines is 1. The van der Waals surface area contributed by atoms with E-state index in [2.05, 4.69) is 5.32 Å². The van der Waals surface area contributed by atoms with Crippen LogP contribution in [-0.2, 0) is 16.0 Å². The number of amides is 2. The van der Waals surface area contributed by atoms with Crippen LogP contribution in [0.25, 0.3) is 0 Å². The Morgan fingerprint density at radius 2 is 2.19 bits per heavy atom. The standard InChI is InChI=1S/C16H22N2O3/c1-2-18(9-10-19)15(20)8-7-13-11-12-5-3-4-6-14(12)17-16(13)21/h3-6,13,19H,2,7-11H2,1H3,(H,17,21). The van der Waals surface area contributed by atoms with Crippen LogP contribution in [0.2, 0.25) is 0 Å². The normalized spacial score (nSPS) is 17.0. The first-order valence-electron chi connectivity index (χ1n) is 7.43. The number of hydrogen-bond donors (Lipinski definition) is 2. The summed E-state index contributed by atoms with van der Waals surface area (Å²) in [6, 6.07) is 7.76. The number of nitrogens with zero attached hydrogens (tertiary/aromatic N) is 1. The molecule has 2 rings (SSSR count). The second-order valence-corrected chi connectivity index (χ2v) is 5.28. The van der Waals surface area contributed by atoms with Gasteiger partial charge in [0.25, 0.3) is 0 Å². The lowest BCUT2D eigenvalue weighted by Gasteiger charge is -2.25. The summed E-state index contributed by atoms with van der Waals surface area (Å²) in [7, 11) is 0. The fourth-order valence-electron chi connectivity index (χ4n) is 2.68. The van der Waals surface area contributed by atoms with Gasteiger partial charge in [-0.3, -0.25) is 9.59 Å². The van der Waals surface area contributed by atoms with E-state index < -0.39 is 0 Å². The third-order valence-corrected chi connectivity index (χ3v) is 3.92. The van der Waals surface area contributed by atoms with E-state index in [9.17, 15) is 9.59 Å². The van der Waals surface area contributed by atoms with Crippen LogP contribution in [0.5, 0.6) is 0 Å². The molecule has 5 nitrogen and oxygen atoms in total. The van der Waals surface area contributed by atoms with Crippen LogP contribution >= 0.6 is 0 Å². The van der Waals surface area contributed by atoms with E-state index in [1.165, 1.54) is 0 Å². The number of aliphatic hydroxyl groups is 1. The third kappa shape index (κ3) is 3.82. The van der Waals surface area contributed by atoms with Gasteiger partial charge < -0.3 is 15.3 Å². The molecular formula is C16H22N2O3. The average Bonchev–Trinajstić information content (AvgIpc) is 2.50. The van der Waals surface area contributed by atoms with Crippen LogP contribution in [0.15, 0.2) is 24.3 Å². The molecule has 2 amide bonds. The second-order valence-electron chi connectivity index (χ2n) is 5.28. The maximum absolute atomic E-state index is 12.1. The number of carbonyl (C=O) groups excluding carboxylic acids is 2. The maximum atomic E-state index is 12.1. The fraction of sp³-hybridized carbons (Fsp3) is 0.500. The van der Waals surface area contributed by atoms with Gasteiger partial charge in [-0.1, -0.05) is 18.2 Å². The van der Waals surface area contributed by atoms with E-state index in [-0.39, 0.29) is 24.3 Å². The van der Waals surface area contributed by atoms with E-state index in [0.717, 1.165) is 11.3 Å². The molecule has 0 saturated carbocycles. The van der Waals surface area contributed by atoms with E-state index in [4.69, 9.17) is 5.11 Å². The highest BCUT2D eigenvalue weighted by Crippen LogP contribution is 2.27. The van der Waals surface area contributed by atoms with Crippen molar-refractivity contribution in [3.05, 3.63) is 29.8 Å². The summed E-state index contributed by atoms with van der Waals surface area (Å²) in [4.78, 5) is 25.7. The summed E-state index contributed by atoms with van der Waals surface area (Å²) in [6.45, 7) is 2.79. The Bertz CT molecular complexity index is 516. The molecule has 0 spiro atoms. The Labute approximate surface area is 125 Å². The van der Waals surface area contributed by atoms with Crippen molar-refractivity contribution < 1.29 is 14.7 Å². The summed E-state index contributed by atoms with van der Waals surface area (Å²) in [5.74, 6) is -0.165. The van der Waals surface area contributed by atoms with Gasteiger partial charge in [0.05, 0.1) is 6.61 Å². The molecule has 21 heavy (non-hydrogen) atoms. The van der Waals surface area contributed by atoms with Crippen LogP contribution in [0, 0.1) is 5.92 Å². The highest BCUT2D eigenvalue weighted by atomic mass is 16.3. The van der Waals surface area contributed by atoms with Gasteiger partial charge in [-0.05, 0) is 31.4 Å². The largest absolute Gasteiger partial charge is 0.395 e. The molecule has 1 aliphatic heterocycles. The molecule has 1 aromatic carbocycles. The van der Waals surface area contributed by atoms with Crippen LogP contribution < -0.4 is 5.32 Å². The van der Waals surface area contributed by atoms with Gasteiger partial charge in [0.15, 0.2) is 0 Å². The predicted molar refractivity (Wildman–Crippen MR) is 80.8 cm³/mol. The number of likely N-dealkylation sites (N-methyl/N-ethyl adjacent to an activating group) is 1. The van der Waals surface area contributed by atoms with Crippen molar-refractivity contribution in [1.82, 2.24) is 4.90 Å². The summed E-state index contributed by atoms with van der Waals surface area (Å²) in [5.41, 5.74) is 2.00. The quantitative estimate of drug-likeness (QED) is 0.832. The average molecular weight is 290 g/mol. The van der Waals surface area contributed by atoms with E-state index in [1.807, 2.05) is 31.2 Å². The molecular weight excluding hydrogens is 268 g/mol. The first-order chi connectivity index (χ1) is 10.2. The van der Waals surface area contributed by atoms with Crippen molar-refractivity contribution in [2.75, 3.05) is 25.0 Å². The molecule has 1 unspecified atom stereocenters. The Balaban J connectivity index is 1.92. The van der Waals surface area contributed by atoms with Crippen molar-refractivity contribution >= 4 is 17.5 Å². The highest BCUT2D eigenvalue weighted by molar-refractivity contribution is 5.96. The number of para-hydroxylation sites is 1. The van der Waals surface area contributed by atoms with Gasteiger partial charge in [-0.15, -0.1) is 0 Å². The molecule has 5 heteroatoms. The van der Waals surface area contributed by atoms with Crippen LogP contribution in [0.1, 0.15) is 25.3 Å². The smallest absolute Gasteiger partial charge is 0.227 e. The van der Waals surface area contributed by atoms with Crippen LogP contribution in [-0.4, -0.2) is 41.5 Å². The lowest BCUT2D eigenvalue weighted by Crippen LogP contribution is -2.35. The molecule has 0 bridgehead atoms. The summed E-state index contributed by atoms with van der Waals surface area (Å²) < 4.78 is 0. The highest BCUT2D eigenvalue weighted by Gasteiger charge is 2.26.